The van der Waals surface area contributed by atoms with Gasteiger partial charge in [0.2, 0.25) is 10.0 Å². The highest BCUT2D eigenvalue weighted by molar-refractivity contribution is 7.89. The molecule has 2 aliphatic rings. The van der Waals surface area contributed by atoms with Crippen molar-refractivity contribution in [3.8, 4) is 0 Å². The number of aryl methyl sites for hydroxylation is 1. The Balaban J connectivity index is 1.85. The Morgan fingerprint density at radius 3 is 2.35 bits per heavy atom. The average Bonchev–Trinajstić information content (AvgIpc) is 3.37. The van der Waals surface area contributed by atoms with Crippen LogP contribution in [0, 0.1) is 12.8 Å². The first-order chi connectivity index (χ1) is 14.8. The Kier molecular flexibility index (Phi) is 6.24. The SMILES string of the molecule is Cc1ccccc1S(=O)(=O)N1C(c2ccc(Cl)cc2)C(C(=O)O)=C[C@H]1CC1CCCC1. The van der Waals surface area contributed by atoms with Crippen LogP contribution in [0.2, 0.25) is 5.02 Å². The molecular formula is C24H26ClNO4S. The number of sulfonamides is 1. The normalized spacial score (nSPS) is 22.6. The maximum Gasteiger partial charge on any atom is 0.333 e. The van der Waals surface area contributed by atoms with Gasteiger partial charge in [0.15, 0.2) is 0 Å². The predicted molar refractivity (Wildman–Crippen MR) is 120 cm³/mol. The van der Waals surface area contributed by atoms with Crippen molar-refractivity contribution < 1.29 is 18.3 Å². The highest BCUT2D eigenvalue weighted by atomic mass is 35.5. The van der Waals surface area contributed by atoms with Crippen LogP contribution >= 0.6 is 11.6 Å². The van der Waals surface area contributed by atoms with E-state index in [1.165, 1.54) is 4.31 Å². The van der Waals surface area contributed by atoms with Crippen molar-refractivity contribution >= 4 is 27.6 Å². The Morgan fingerprint density at radius 2 is 1.74 bits per heavy atom. The molecule has 1 aliphatic carbocycles. The molecule has 0 aromatic heterocycles. The Bertz CT molecular complexity index is 1100. The summed E-state index contributed by atoms with van der Waals surface area (Å²) < 4.78 is 29.3. The van der Waals surface area contributed by atoms with Crippen LogP contribution in [0.5, 0.6) is 0 Å². The van der Waals surface area contributed by atoms with E-state index in [4.69, 9.17) is 11.6 Å². The van der Waals surface area contributed by atoms with E-state index in [1.807, 2.05) is 0 Å². The molecule has 0 amide bonds. The minimum atomic E-state index is -3.95. The van der Waals surface area contributed by atoms with Gasteiger partial charge in [0.25, 0.3) is 0 Å². The summed E-state index contributed by atoms with van der Waals surface area (Å²) in [4.78, 5) is 12.4. The van der Waals surface area contributed by atoms with E-state index in [9.17, 15) is 18.3 Å². The zero-order chi connectivity index (χ0) is 22.2. The van der Waals surface area contributed by atoms with E-state index in [0.29, 0.717) is 28.5 Å². The summed E-state index contributed by atoms with van der Waals surface area (Å²) in [6.45, 7) is 1.76. The Morgan fingerprint density at radius 1 is 1.10 bits per heavy atom. The van der Waals surface area contributed by atoms with Gasteiger partial charge in [-0.15, -0.1) is 0 Å². The molecule has 31 heavy (non-hydrogen) atoms. The molecule has 1 fully saturated rings. The highest BCUT2D eigenvalue weighted by Gasteiger charge is 2.46. The van der Waals surface area contributed by atoms with Gasteiger partial charge in [-0.25, -0.2) is 13.2 Å². The minimum Gasteiger partial charge on any atom is -0.478 e. The number of carboxylic acids is 1. The summed E-state index contributed by atoms with van der Waals surface area (Å²) in [5.74, 6) is -0.700. The molecule has 0 spiro atoms. The van der Waals surface area contributed by atoms with Crippen molar-refractivity contribution in [2.45, 2.75) is 56.0 Å². The molecule has 1 heterocycles. The smallest absolute Gasteiger partial charge is 0.333 e. The molecule has 4 rings (SSSR count). The van der Waals surface area contributed by atoms with Gasteiger partial charge >= 0.3 is 5.97 Å². The van der Waals surface area contributed by atoms with Crippen LogP contribution in [-0.4, -0.2) is 29.8 Å². The minimum absolute atomic E-state index is 0.0995. The maximum atomic E-state index is 13.9. The lowest BCUT2D eigenvalue weighted by Crippen LogP contribution is -2.40. The molecule has 1 aliphatic heterocycles. The van der Waals surface area contributed by atoms with Crippen LogP contribution < -0.4 is 0 Å². The van der Waals surface area contributed by atoms with Gasteiger partial charge in [-0.1, -0.05) is 73.7 Å². The average molecular weight is 460 g/mol. The largest absolute Gasteiger partial charge is 0.478 e. The van der Waals surface area contributed by atoms with E-state index < -0.39 is 28.1 Å². The fourth-order valence-corrected chi connectivity index (χ4v) is 6.99. The first-order valence-electron chi connectivity index (χ1n) is 10.6. The predicted octanol–water partition coefficient (Wildman–Crippen LogP) is 5.35. The number of rotatable bonds is 6. The van der Waals surface area contributed by atoms with Gasteiger partial charge in [-0.3, -0.25) is 0 Å². The molecule has 2 aromatic carbocycles. The summed E-state index contributed by atoms with van der Waals surface area (Å²) in [5, 5.41) is 10.5. The van der Waals surface area contributed by atoms with Crippen LogP contribution in [0.15, 0.2) is 65.1 Å². The standard InChI is InChI=1S/C24H26ClNO4S/c1-16-6-2-5-9-22(16)31(29,30)26-20(14-17-7-3-4-8-17)15-21(24(27)28)23(26)18-10-12-19(25)13-11-18/h2,5-6,9-13,15,17,20,23H,3-4,7-8,14H2,1H3,(H,27,28)/t20-,23?/m1/s1. The van der Waals surface area contributed by atoms with Crippen LogP contribution in [0.3, 0.4) is 0 Å². The van der Waals surface area contributed by atoms with E-state index in [2.05, 4.69) is 0 Å². The highest BCUT2D eigenvalue weighted by Crippen LogP contribution is 2.44. The topological polar surface area (TPSA) is 74.7 Å². The second-order valence-electron chi connectivity index (χ2n) is 8.44. The number of hydrogen-bond acceptors (Lipinski definition) is 3. The number of halogens is 1. The number of benzene rings is 2. The van der Waals surface area contributed by atoms with Crippen molar-refractivity contribution in [2.24, 2.45) is 5.92 Å². The number of hydrogen-bond donors (Lipinski definition) is 1. The fourth-order valence-electron chi connectivity index (χ4n) is 4.90. The Labute approximate surface area is 188 Å². The van der Waals surface area contributed by atoms with E-state index >= 15 is 0 Å². The number of nitrogens with zero attached hydrogens (tertiary/aromatic N) is 1. The molecule has 5 nitrogen and oxygen atoms in total. The molecule has 0 bridgehead atoms. The monoisotopic (exact) mass is 459 g/mol. The van der Waals surface area contributed by atoms with Crippen molar-refractivity contribution in [1.29, 1.82) is 0 Å². The molecule has 0 saturated heterocycles. The molecule has 2 atom stereocenters. The van der Waals surface area contributed by atoms with Crippen molar-refractivity contribution in [3.05, 3.63) is 76.3 Å². The quantitative estimate of drug-likeness (QED) is 0.631. The molecular weight excluding hydrogens is 434 g/mol. The summed E-state index contributed by atoms with van der Waals surface area (Å²) in [6, 6.07) is 12.2. The van der Waals surface area contributed by atoms with E-state index in [1.54, 1.807) is 61.5 Å². The van der Waals surface area contributed by atoms with Gasteiger partial charge in [0.05, 0.1) is 16.5 Å². The lowest BCUT2D eigenvalue weighted by atomic mass is 9.98. The molecule has 2 aromatic rings. The van der Waals surface area contributed by atoms with Crippen LogP contribution in [0.4, 0.5) is 0 Å². The summed E-state index contributed by atoms with van der Waals surface area (Å²) in [6.07, 6.45) is 6.66. The summed E-state index contributed by atoms with van der Waals surface area (Å²) >= 11 is 6.04. The number of carbonyl (C=O) groups is 1. The van der Waals surface area contributed by atoms with E-state index in [-0.39, 0.29) is 10.5 Å². The summed E-state index contributed by atoms with van der Waals surface area (Å²) in [7, 11) is -3.95. The second-order valence-corrected chi connectivity index (χ2v) is 10.7. The van der Waals surface area contributed by atoms with Gasteiger partial charge in [0.1, 0.15) is 0 Å². The lowest BCUT2D eigenvalue weighted by Gasteiger charge is -2.32. The zero-order valence-electron chi connectivity index (χ0n) is 17.4. The van der Waals surface area contributed by atoms with E-state index in [0.717, 1.165) is 25.7 Å². The molecule has 1 N–H and O–H groups in total. The van der Waals surface area contributed by atoms with Gasteiger partial charge in [0, 0.05) is 11.1 Å². The summed E-state index contributed by atoms with van der Waals surface area (Å²) in [5.41, 5.74) is 1.34. The van der Waals surface area contributed by atoms with Crippen LogP contribution in [0.1, 0.15) is 49.3 Å². The zero-order valence-corrected chi connectivity index (χ0v) is 18.9. The number of aliphatic carboxylic acids is 1. The fraction of sp³-hybridized carbons (Fsp3) is 0.375. The van der Waals surface area contributed by atoms with Gasteiger partial charge < -0.3 is 5.11 Å². The van der Waals surface area contributed by atoms with Crippen LogP contribution in [-0.2, 0) is 14.8 Å². The third-order valence-electron chi connectivity index (χ3n) is 6.38. The van der Waals surface area contributed by atoms with Crippen molar-refractivity contribution in [2.75, 3.05) is 0 Å². The number of carboxylic acid groups (broad SMARTS) is 1. The molecule has 1 saturated carbocycles. The second kappa shape index (κ2) is 8.77. The van der Waals surface area contributed by atoms with Gasteiger partial charge in [-0.05, 0) is 48.6 Å². The molecule has 1 unspecified atom stereocenters. The molecule has 7 heteroatoms. The Hall–Kier alpha value is -2.15. The molecule has 0 radical (unpaired) electrons. The molecule has 164 valence electrons. The first-order valence-corrected chi connectivity index (χ1v) is 12.4. The third kappa shape index (κ3) is 4.29. The van der Waals surface area contributed by atoms with Gasteiger partial charge in [-0.2, -0.15) is 4.31 Å². The third-order valence-corrected chi connectivity index (χ3v) is 8.68. The maximum absolute atomic E-state index is 13.9. The first kappa shape index (κ1) is 22.1. The van der Waals surface area contributed by atoms with Crippen LogP contribution in [0.25, 0.3) is 0 Å². The van der Waals surface area contributed by atoms with Crippen molar-refractivity contribution in [3.63, 3.8) is 0 Å². The van der Waals surface area contributed by atoms with Crippen molar-refractivity contribution in [1.82, 2.24) is 4.31 Å². The lowest BCUT2D eigenvalue weighted by molar-refractivity contribution is -0.133.